The second-order valence-corrected chi connectivity index (χ2v) is 5.10. The molecule has 0 spiro atoms. The summed E-state index contributed by atoms with van der Waals surface area (Å²) in [5.41, 5.74) is 7.77. The lowest BCUT2D eigenvalue weighted by molar-refractivity contribution is 0.0698. The van der Waals surface area contributed by atoms with Gasteiger partial charge in [-0.2, -0.15) is 0 Å². The van der Waals surface area contributed by atoms with Crippen LogP contribution in [0, 0.1) is 6.92 Å². The first-order chi connectivity index (χ1) is 9.40. The number of hydrogen-bond acceptors (Lipinski definition) is 3. The van der Waals surface area contributed by atoms with E-state index in [2.05, 4.69) is 5.32 Å². The minimum absolute atomic E-state index is 0.0377. The van der Waals surface area contributed by atoms with Gasteiger partial charge in [0.1, 0.15) is 0 Å². The van der Waals surface area contributed by atoms with Gasteiger partial charge in [0.15, 0.2) is 0 Å². The number of rotatable bonds is 3. The zero-order chi connectivity index (χ0) is 14.9. The van der Waals surface area contributed by atoms with Gasteiger partial charge in [-0.1, -0.05) is 29.3 Å². The number of nitrogen functional groups attached to an aromatic ring is 1. The van der Waals surface area contributed by atoms with Crippen LogP contribution in [0.4, 0.5) is 17.1 Å². The van der Waals surface area contributed by atoms with E-state index in [0.29, 0.717) is 27.0 Å². The molecule has 0 heterocycles. The molecule has 0 bridgehead atoms. The number of benzene rings is 2. The summed E-state index contributed by atoms with van der Waals surface area (Å²) in [6, 6.07) is 8.30. The standard InChI is InChI=1S/C14H12Cl2N2O2/c1-7-5-8(6-9(12(7)17)14(19)20)18-13-10(15)3-2-4-11(13)16/h2-6,18H,17H2,1H3,(H,19,20). The number of nitrogens with one attached hydrogen (secondary N) is 1. The highest BCUT2D eigenvalue weighted by Gasteiger charge is 2.13. The van der Waals surface area contributed by atoms with Crippen LogP contribution < -0.4 is 11.1 Å². The molecule has 104 valence electrons. The zero-order valence-corrected chi connectivity index (χ0v) is 12.1. The zero-order valence-electron chi connectivity index (χ0n) is 10.6. The molecule has 0 aliphatic rings. The fraction of sp³-hybridized carbons (Fsp3) is 0.0714. The highest BCUT2D eigenvalue weighted by Crippen LogP contribution is 2.34. The fourth-order valence-electron chi connectivity index (χ4n) is 1.81. The number of para-hydroxylation sites is 1. The number of carboxylic acid groups (broad SMARTS) is 1. The molecule has 0 aromatic heterocycles. The average molecular weight is 311 g/mol. The van der Waals surface area contributed by atoms with Gasteiger partial charge in [-0.25, -0.2) is 4.79 Å². The number of anilines is 3. The van der Waals surface area contributed by atoms with E-state index >= 15 is 0 Å². The summed E-state index contributed by atoms with van der Waals surface area (Å²) in [5.74, 6) is -1.08. The molecule has 20 heavy (non-hydrogen) atoms. The average Bonchev–Trinajstić information content (AvgIpc) is 2.37. The summed E-state index contributed by atoms with van der Waals surface area (Å²) in [7, 11) is 0. The second kappa shape index (κ2) is 5.61. The van der Waals surface area contributed by atoms with E-state index in [-0.39, 0.29) is 11.3 Å². The van der Waals surface area contributed by atoms with Gasteiger partial charge in [0.25, 0.3) is 0 Å². The number of aromatic carboxylic acids is 1. The maximum Gasteiger partial charge on any atom is 0.337 e. The van der Waals surface area contributed by atoms with Crippen molar-refractivity contribution in [1.82, 2.24) is 0 Å². The van der Waals surface area contributed by atoms with E-state index in [4.69, 9.17) is 34.0 Å². The summed E-state index contributed by atoms with van der Waals surface area (Å²) >= 11 is 12.1. The maximum atomic E-state index is 11.2. The van der Waals surface area contributed by atoms with E-state index in [1.54, 1.807) is 31.2 Å². The molecule has 0 atom stereocenters. The third-order valence-electron chi connectivity index (χ3n) is 2.85. The van der Waals surface area contributed by atoms with Gasteiger partial charge in [0.05, 0.1) is 21.3 Å². The summed E-state index contributed by atoms with van der Waals surface area (Å²) in [4.78, 5) is 11.2. The molecule has 0 radical (unpaired) electrons. The van der Waals surface area contributed by atoms with Crippen LogP contribution in [0.25, 0.3) is 0 Å². The maximum absolute atomic E-state index is 11.2. The number of carbonyl (C=O) groups is 1. The molecular weight excluding hydrogens is 299 g/mol. The molecule has 4 nitrogen and oxygen atoms in total. The van der Waals surface area contributed by atoms with Crippen LogP contribution in [0.3, 0.4) is 0 Å². The lowest BCUT2D eigenvalue weighted by Gasteiger charge is -2.13. The predicted octanol–water partition coefficient (Wildman–Crippen LogP) is 4.33. The van der Waals surface area contributed by atoms with Crippen molar-refractivity contribution in [3.8, 4) is 0 Å². The van der Waals surface area contributed by atoms with E-state index in [1.165, 1.54) is 6.07 Å². The summed E-state index contributed by atoms with van der Waals surface area (Å²) in [6.07, 6.45) is 0. The minimum atomic E-state index is -1.08. The number of halogens is 2. The number of hydrogen-bond donors (Lipinski definition) is 3. The smallest absolute Gasteiger partial charge is 0.337 e. The van der Waals surface area contributed by atoms with Crippen molar-refractivity contribution in [3.05, 3.63) is 51.5 Å². The first-order valence-electron chi connectivity index (χ1n) is 5.74. The lowest BCUT2D eigenvalue weighted by Crippen LogP contribution is -2.05. The Bertz CT molecular complexity index is 667. The first kappa shape index (κ1) is 14.5. The summed E-state index contributed by atoms with van der Waals surface area (Å²) in [5, 5.41) is 13.0. The Kier molecular flexibility index (Phi) is 4.06. The first-order valence-corrected chi connectivity index (χ1v) is 6.50. The van der Waals surface area contributed by atoms with Crippen molar-refractivity contribution < 1.29 is 9.90 Å². The Hall–Kier alpha value is -1.91. The molecule has 0 aliphatic carbocycles. The molecule has 0 unspecified atom stereocenters. The molecule has 2 rings (SSSR count). The molecule has 0 amide bonds. The highest BCUT2D eigenvalue weighted by atomic mass is 35.5. The quantitative estimate of drug-likeness (QED) is 0.738. The molecule has 2 aromatic rings. The van der Waals surface area contributed by atoms with Gasteiger partial charge < -0.3 is 16.2 Å². The van der Waals surface area contributed by atoms with Crippen LogP contribution in [0.1, 0.15) is 15.9 Å². The Morgan fingerprint density at radius 1 is 1.25 bits per heavy atom. The molecule has 4 N–H and O–H groups in total. The fourth-order valence-corrected chi connectivity index (χ4v) is 2.30. The Morgan fingerprint density at radius 3 is 2.40 bits per heavy atom. The Balaban J connectivity index is 2.47. The molecule has 2 aromatic carbocycles. The normalized spacial score (nSPS) is 10.3. The van der Waals surface area contributed by atoms with Crippen LogP contribution in [0.2, 0.25) is 10.0 Å². The van der Waals surface area contributed by atoms with Crippen LogP contribution >= 0.6 is 23.2 Å². The minimum Gasteiger partial charge on any atom is -0.478 e. The number of nitrogens with two attached hydrogens (primary N) is 1. The SMILES string of the molecule is Cc1cc(Nc2c(Cl)cccc2Cl)cc(C(=O)O)c1N. The molecule has 0 saturated carbocycles. The van der Waals surface area contributed by atoms with Crippen molar-refractivity contribution in [2.24, 2.45) is 0 Å². The van der Waals surface area contributed by atoms with Crippen LogP contribution in [0.15, 0.2) is 30.3 Å². The third kappa shape index (κ3) is 2.81. The molecule has 6 heteroatoms. The van der Waals surface area contributed by atoms with Gasteiger partial charge in [0.2, 0.25) is 0 Å². The summed E-state index contributed by atoms with van der Waals surface area (Å²) in [6.45, 7) is 1.74. The van der Waals surface area contributed by atoms with Crippen LogP contribution in [-0.2, 0) is 0 Å². The molecule has 0 fully saturated rings. The van der Waals surface area contributed by atoms with E-state index in [0.717, 1.165) is 0 Å². The molecule has 0 aliphatic heterocycles. The van der Waals surface area contributed by atoms with E-state index < -0.39 is 5.97 Å². The van der Waals surface area contributed by atoms with Gasteiger partial charge in [-0.15, -0.1) is 0 Å². The predicted molar refractivity (Wildman–Crippen MR) is 82.3 cm³/mol. The second-order valence-electron chi connectivity index (χ2n) is 4.28. The van der Waals surface area contributed by atoms with Crippen LogP contribution in [-0.4, -0.2) is 11.1 Å². The summed E-state index contributed by atoms with van der Waals surface area (Å²) < 4.78 is 0. The van der Waals surface area contributed by atoms with Gasteiger partial charge in [-0.05, 0) is 36.8 Å². The van der Waals surface area contributed by atoms with Crippen LogP contribution in [0.5, 0.6) is 0 Å². The third-order valence-corrected chi connectivity index (χ3v) is 3.48. The molecular formula is C14H12Cl2N2O2. The lowest BCUT2D eigenvalue weighted by atomic mass is 10.1. The van der Waals surface area contributed by atoms with Gasteiger partial charge in [0, 0.05) is 11.4 Å². The monoisotopic (exact) mass is 310 g/mol. The van der Waals surface area contributed by atoms with E-state index in [9.17, 15) is 4.79 Å². The van der Waals surface area contributed by atoms with Crippen molar-refractivity contribution in [1.29, 1.82) is 0 Å². The topological polar surface area (TPSA) is 75.3 Å². The van der Waals surface area contributed by atoms with Crippen molar-refractivity contribution in [3.63, 3.8) is 0 Å². The van der Waals surface area contributed by atoms with E-state index in [1.807, 2.05) is 0 Å². The van der Waals surface area contributed by atoms with Crippen molar-refractivity contribution >= 4 is 46.2 Å². The number of carboxylic acids is 1. The van der Waals surface area contributed by atoms with Crippen molar-refractivity contribution in [2.75, 3.05) is 11.1 Å². The largest absolute Gasteiger partial charge is 0.478 e. The highest BCUT2D eigenvalue weighted by molar-refractivity contribution is 6.39. The molecule has 0 saturated heterocycles. The Labute approximate surface area is 126 Å². The van der Waals surface area contributed by atoms with Gasteiger partial charge in [-0.3, -0.25) is 0 Å². The number of aryl methyl sites for hydroxylation is 1. The Morgan fingerprint density at radius 2 is 1.85 bits per heavy atom. The van der Waals surface area contributed by atoms with Gasteiger partial charge >= 0.3 is 5.97 Å². The van der Waals surface area contributed by atoms with Crippen molar-refractivity contribution in [2.45, 2.75) is 6.92 Å².